The third-order valence-corrected chi connectivity index (χ3v) is 3.95. The summed E-state index contributed by atoms with van der Waals surface area (Å²) in [6.45, 7) is 2.95. The molecule has 0 unspecified atom stereocenters. The average molecular weight is 361 g/mol. The number of carbonyl (C=O) groups excluding carboxylic acids is 2. The Labute approximate surface area is 150 Å². The van der Waals surface area contributed by atoms with Crippen molar-refractivity contribution in [2.24, 2.45) is 0 Å². The van der Waals surface area contributed by atoms with Crippen LogP contribution in [-0.4, -0.2) is 35.7 Å². The van der Waals surface area contributed by atoms with E-state index >= 15 is 0 Å². The molecule has 0 heterocycles. The molecule has 2 rings (SSSR count). The van der Waals surface area contributed by atoms with Crippen LogP contribution in [0.4, 0.5) is 9.18 Å². The van der Waals surface area contributed by atoms with Crippen LogP contribution in [0.15, 0.2) is 42.5 Å². The number of hydrogen-bond acceptors (Lipinski definition) is 5. The number of carbonyl (C=O) groups is 2. The zero-order chi connectivity index (χ0) is 19.3. The molecular weight excluding hydrogens is 341 g/mol. The smallest absolute Gasteiger partial charge is 0.416 e. The lowest BCUT2D eigenvalue weighted by Crippen LogP contribution is -2.40. The maximum atomic E-state index is 13.7. The van der Waals surface area contributed by atoms with E-state index in [0.717, 1.165) is 11.0 Å². The van der Waals surface area contributed by atoms with Gasteiger partial charge < -0.3 is 14.6 Å². The second kappa shape index (κ2) is 8.33. The number of aromatic hydroxyl groups is 1. The first kappa shape index (κ1) is 19.2. The van der Waals surface area contributed by atoms with Crippen molar-refractivity contribution >= 4 is 12.1 Å². The maximum absolute atomic E-state index is 13.7. The minimum atomic E-state index is -0.820. The zero-order valence-electron chi connectivity index (χ0n) is 14.7. The van der Waals surface area contributed by atoms with Gasteiger partial charge in [0.2, 0.25) is 0 Å². The van der Waals surface area contributed by atoms with Gasteiger partial charge in [-0.15, -0.1) is 0 Å². The van der Waals surface area contributed by atoms with E-state index in [4.69, 9.17) is 4.74 Å². The van der Waals surface area contributed by atoms with Gasteiger partial charge in [-0.2, -0.15) is 0 Å². The lowest BCUT2D eigenvalue weighted by Gasteiger charge is -2.27. The van der Waals surface area contributed by atoms with Crippen LogP contribution in [0.25, 0.3) is 0 Å². The monoisotopic (exact) mass is 361 g/mol. The third-order valence-electron chi connectivity index (χ3n) is 3.95. The molecule has 0 radical (unpaired) electrons. The summed E-state index contributed by atoms with van der Waals surface area (Å²) in [7, 11) is 1.21. The number of hydrogen-bond donors (Lipinski definition) is 1. The lowest BCUT2D eigenvalue weighted by atomic mass is 10.1. The lowest BCUT2D eigenvalue weighted by molar-refractivity contribution is -0.141. The molecule has 26 heavy (non-hydrogen) atoms. The number of aryl methyl sites for hydroxylation is 1. The van der Waals surface area contributed by atoms with E-state index in [-0.39, 0.29) is 18.0 Å². The number of nitrogens with zero attached hydrogens (tertiary/aromatic N) is 1. The zero-order valence-corrected chi connectivity index (χ0v) is 14.7. The van der Waals surface area contributed by atoms with Crippen molar-refractivity contribution in [2.45, 2.75) is 19.9 Å². The Balaban J connectivity index is 2.24. The van der Waals surface area contributed by atoms with Crippen LogP contribution < -0.4 is 4.74 Å². The highest BCUT2D eigenvalue weighted by Gasteiger charge is 2.26. The van der Waals surface area contributed by atoms with Gasteiger partial charge in [0.05, 0.1) is 13.2 Å². The molecule has 0 saturated carbocycles. The maximum Gasteiger partial charge on any atom is 0.416 e. The summed E-state index contributed by atoms with van der Waals surface area (Å²) in [6, 6.07) is 9.73. The SMILES string of the molecule is COC(=O)CN(C(=O)Oc1ccc(C)c(F)c1)[C@@H](C)c1ccc(O)cc1. The predicted molar refractivity (Wildman–Crippen MR) is 92.4 cm³/mol. The van der Waals surface area contributed by atoms with Crippen LogP contribution in [0.5, 0.6) is 11.5 Å². The molecule has 1 atom stereocenters. The number of ether oxygens (including phenoxy) is 2. The highest BCUT2D eigenvalue weighted by molar-refractivity contribution is 5.79. The number of methoxy groups -OCH3 is 1. The van der Waals surface area contributed by atoms with Crippen LogP contribution in [0, 0.1) is 12.7 Å². The summed E-state index contributed by atoms with van der Waals surface area (Å²) >= 11 is 0. The summed E-state index contributed by atoms with van der Waals surface area (Å²) in [5.41, 5.74) is 1.10. The standard InChI is InChI=1S/C19H20FNO5/c1-12-4-9-16(10-17(12)20)26-19(24)21(11-18(23)25-3)13(2)14-5-7-15(22)8-6-14/h4-10,13,22H,11H2,1-3H3/t13-/m0/s1. The second-order valence-corrected chi connectivity index (χ2v) is 5.75. The minimum Gasteiger partial charge on any atom is -0.508 e. The van der Waals surface area contributed by atoms with Crippen LogP contribution >= 0.6 is 0 Å². The van der Waals surface area contributed by atoms with Gasteiger partial charge >= 0.3 is 12.1 Å². The van der Waals surface area contributed by atoms with E-state index < -0.39 is 23.9 Å². The Bertz CT molecular complexity index is 791. The van der Waals surface area contributed by atoms with Crippen molar-refractivity contribution < 1.29 is 28.6 Å². The molecule has 6 nitrogen and oxygen atoms in total. The first-order valence-electron chi connectivity index (χ1n) is 7.92. The molecule has 2 aromatic rings. The normalized spacial score (nSPS) is 11.5. The molecule has 0 aliphatic carbocycles. The molecule has 1 amide bonds. The molecule has 0 aromatic heterocycles. The molecule has 0 saturated heterocycles. The number of phenols is 1. The van der Waals surface area contributed by atoms with E-state index in [1.54, 1.807) is 26.0 Å². The fourth-order valence-corrected chi connectivity index (χ4v) is 2.29. The van der Waals surface area contributed by atoms with E-state index in [1.165, 1.54) is 31.4 Å². The largest absolute Gasteiger partial charge is 0.508 e. The number of halogens is 1. The fraction of sp³-hybridized carbons (Fsp3) is 0.263. The van der Waals surface area contributed by atoms with Gasteiger partial charge in [-0.3, -0.25) is 9.69 Å². The molecule has 138 valence electrons. The topological polar surface area (TPSA) is 76.1 Å². The van der Waals surface area contributed by atoms with Gasteiger partial charge in [-0.25, -0.2) is 9.18 Å². The van der Waals surface area contributed by atoms with Gasteiger partial charge in [0, 0.05) is 6.07 Å². The van der Waals surface area contributed by atoms with E-state index in [9.17, 15) is 19.1 Å². The predicted octanol–water partition coefficient (Wildman–Crippen LogP) is 3.57. The summed E-state index contributed by atoms with van der Waals surface area (Å²) in [5.74, 6) is -1.01. The first-order valence-corrected chi connectivity index (χ1v) is 7.92. The van der Waals surface area contributed by atoms with E-state index in [1.807, 2.05) is 0 Å². The Kier molecular flexibility index (Phi) is 6.16. The van der Waals surface area contributed by atoms with Crippen molar-refractivity contribution in [1.29, 1.82) is 0 Å². The van der Waals surface area contributed by atoms with Gasteiger partial charge in [0.15, 0.2) is 0 Å². The highest BCUT2D eigenvalue weighted by atomic mass is 19.1. The molecule has 0 fully saturated rings. The van der Waals surface area contributed by atoms with E-state index in [0.29, 0.717) is 11.1 Å². The Morgan fingerprint density at radius 3 is 2.42 bits per heavy atom. The third kappa shape index (κ3) is 4.72. The number of phenolic OH excluding ortho intramolecular Hbond substituents is 1. The summed E-state index contributed by atoms with van der Waals surface area (Å²) in [6.07, 6.45) is -0.820. The quantitative estimate of drug-likeness (QED) is 0.824. The molecule has 1 N–H and O–H groups in total. The molecule has 0 bridgehead atoms. The van der Waals surface area contributed by atoms with Gasteiger partial charge in [0.1, 0.15) is 23.9 Å². The van der Waals surface area contributed by atoms with Gasteiger partial charge in [0.25, 0.3) is 0 Å². The minimum absolute atomic E-state index is 0.0332. The molecule has 7 heteroatoms. The Morgan fingerprint density at radius 2 is 1.85 bits per heavy atom. The second-order valence-electron chi connectivity index (χ2n) is 5.75. The van der Waals surface area contributed by atoms with Crippen LogP contribution in [-0.2, 0) is 9.53 Å². The number of rotatable bonds is 5. The van der Waals surface area contributed by atoms with Crippen LogP contribution in [0.2, 0.25) is 0 Å². The Morgan fingerprint density at radius 1 is 1.19 bits per heavy atom. The summed E-state index contributed by atoms with van der Waals surface area (Å²) < 4.78 is 23.5. The molecular formula is C19H20FNO5. The van der Waals surface area contributed by atoms with Crippen molar-refractivity contribution in [3.8, 4) is 11.5 Å². The highest BCUT2D eigenvalue weighted by Crippen LogP contribution is 2.24. The molecule has 2 aromatic carbocycles. The van der Waals surface area contributed by atoms with Crippen LogP contribution in [0.3, 0.4) is 0 Å². The number of benzene rings is 2. The van der Waals surface area contributed by atoms with Gasteiger partial charge in [-0.05, 0) is 43.2 Å². The summed E-state index contributed by atoms with van der Waals surface area (Å²) in [5, 5.41) is 9.40. The van der Waals surface area contributed by atoms with Crippen molar-refractivity contribution in [3.63, 3.8) is 0 Å². The number of amides is 1. The Hall–Kier alpha value is -3.09. The first-order chi connectivity index (χ1) is 12.3. The fourth-order valence-electron chi connectivity index (χ4n) is 2.29. The average Bonchev–Trinajstić information content (AvgIpc) is 2.62. The van der Waals surface area contributed by atoms with Crippen molar-refractivity contribution in [1.82, 2.24) is 4.90 Å². The molecule has 0 spiro atoms. The molecule has 0 aliphatic heterocycles. The van der Waals surface area contributed by atoms with Crippen molar-refractivity contribution in [3.05, 3.63) is 59.4 Å². The van der Waals surface area contributed by atoms with Gasteiger partial charge in [-0.1, -0.05) is 18.2 Å². The van der Waals surface area contributed by atoms with Crippen LogP contribution in [0.1, 0.15) is 24.1 Å². The summed E-state index contributed by atoms with van der Waals surface area (Å²) in [4.78, 5) is 25.4. The van der Waals surface area contributed by atoms with Crippen molar-refractivity contribution in [2.75, 3.05) is 13.7 Å². The molecule has 0 aliphatic rings. The number of esters is 1. The van der Waals surface area contributed by atoms with E-state index in [2.05, 4.69) is 4.74 Å².